The Kier molecular flexibility index (Phi) is 4.53. The maximum absolute atomic E-state index is 11.1. The van der Waals surface area contributed by atoms with E-state index in [4.69, 9.17) is 5.14 Å². The lowest BCUT2D eigenvalue weighted by Crippen LogP contribution is -2.16. The molecular weight excluding hydrogens is 276 g/mol. The van der Waals surface area contributed by atoms with Crippen LogP contribution < -0.4 is 10.5 Å². The summed E-state index contributed by atoms with van der Waals surface area (Å²) < 4.78 is 24.2. The minimum atomic E-state index is -3.62. The van der Waals surface area contributed by atoms with E-state index in [9.17, 15) is 8.42 Å². The van der Waals surface area contributed by atoms with Gasteiger partial charge in [0.15, 0.2) is 0 Å². The molecule has 0 atom stereocenters. The number of nitrogens with one attached hydrogen (secondary N) is 1. The Morgan fingerprint density at radius 3 is 2.50 bits per heavy atom. The number of rotatable bonds is 6. The van der Waals surface area contributed by atoms with Gasteiger partial charge in [-0.25, -0.2) is 13.6 Å². The standard InChI is InChI=1S/C13H18N4O2S/c1-2-17-12(7-8-16-17)10-15-9-11-3-5-13(6-4-11)20(14,18)19/h3-8,15H,2,9-10H2,1H3,(H2,14,18,19). The topological polar surface area (TPSA) is 90.0 Å². The Labute approximate surface area is 118 Å². The van der Waals surface area contributed by atoms with Gasteiger partial charge in [0.25, 0.3) is 0 Å². The third kappa shape index (κ3) is 3.66. The number of nitrogens with two attached hydrogens (primary N) is 1. The number of benzene rings is 1. The van der Waals surface area contributed by atoms with Crippen molar-refractivity contribution in [3.05, 3.63) is 47.8 Å². The van der Waals surface area contributed by atoms with Gasteiger partial charge in [-0.1, -0.05) is 12.1 Å². The highest BCUT2D eigenvalue weighted by atomic mass is 32.2. The van der Waals surface area contributed by atoms with Gasteiger partial charge >= 0.3 is 0 Å². The highest BCUT2D eigenvalue weighted by Gasteiger charge is 2.06. The number of nitrogens with zero attached hydrogens (tertiary/aromatic N) is 2. The molecule has 20 heavy (non-hydrogen) atoms. The van der Waals surface area contributed by atoms with E-state index in [0.717, 1.165) is 17.8 Å². The molecule has 0 aliphatic carbocycles. The number of aromatic nitrogens is 2. The van der Waals surface area contributed by atoms with Crippen molar-refractivity contribution >= 4 is 10.0 Å². The third-order valence-corrected chi connectivity index (χ3v) is 3.92. The molecule has 0 saturated carbocycles. The summed E-state index contributed by atoms with van der Waals surface area (Å²) in [7, 11) is -3.62. The van der Waals surface area contributed by atoms with Crippen LogP contribution in [0.5, 0.6) is 0 Å². The van der Waals surface area contributed by atoms with Crippen LogP contribution >= 0.6 is 0 Å². The molecule has 108 valence electrons. The van der Waals surface area contributed by atoms with Crippen LogP contribution in [0.3, 0.4) is 0 Å². The van der Waals surface area contributed by atoms with Gasteiger partial charge in [0.05, 0.1) is 10.6 Å². The molecule has 6 nitrogen and oxygen atoms in total. The van der Waals surface area contributed by atoms with E-state index in [1.54, 1.807) is 18.3 Å². The summed E-state index contributed by atoms with van der Waals surface area (Å²) in [5.41, 5.74) is 2.12. The van der Waals surface area contributed by atoms with E-state index in [1.165, 1.54) is 12.1 Å². The Morgan fingerprint density at radius 2 is 1.90 bits per heavy atom. The fourth-order valence-electron chi connectivity index (χ4n) is 1.93. The predicted molar refractivity (Wildman–Crippen MR) is 76.3 cm³/mol. The zero-order valence-corrected chi connectivity index (χ0v) is 12.1. The number of sulfonamides is 1. The predicted octanol–water partition coefficient (Wildman–Crippen LogP) is 0.840. The van der Waals surface area contributed by atoms with Crippen molar-refractivity contribution in [3.8, 4) is 0 Å². The summed E-state index contributed by atoms with van der Waals surface area (Å²) in [5, 5.41) is 12.5. The maximum Gasteiger partial charge on any atom is 0.238 e. The Bertz CT molecular complexity index is 662. The average Bonchev–Trinajstić information content (AvgIpc) is 2.86. The van der Waals surface area contributed by atoms with Crippen molar-refractivity contribution in [1.29, 1.82) is 0 Å². The van der Waals surface area contributed by atoms with E-state index in [1.807, 2.05) is 17.7 Å². The zero-order chi connectivity index (χ0) is 14.6. The van der Waals surface area contributed by atoms with Gasteiger partial charge in [-0.15, -0.1) is 0 Å². The first-order valence-corrected chi connectivity index (χ1v) is 7.88. The second kappa shape index (κ2) is 6.17. The minimum absolute atomic E-state index is 0.130. The van der Waals surface area contributed by atoms with Crippen molar-refractivity contribution in [2.45, 2.75) is 31.5 Å². The third-order valence-electron chi connectivity index (χ3n) is 2.99. The molecule has 3 N–H and O–H groups in total. The molecule has 1 aromatic carbocycles. The van der Waals surface area contributed by atoms with Gasteiger partial charge in [0, 0.05) is 25.8 Å². The molecule has 0 radical (unpaired) electrons. The summed E-state index contributed by atoms with van der Waals surface area (Å²) in [6, 6.07) is 8.51. The molecule has 0 amide bonds. The Hall–Kier alpha value is -1.70. The maximum atomic E-state index is 11.1. The summed E-state index contributed by atoms with van der Waals surface area (Å²) >= 11 is 0. The van der Waals surface area contributed by atoms with Gasteiger partial charge in [-0.2, -0.15) is 5.10 Å². The van der Waals surface area contributed by atoms with Crippen LogP contribution in [0.15, 0.2) is 41.4 Å². The lowest BCUT2D eigenvalue weighted by atomic mass is 10.2. The SMILES string of the molecule is CCn1nccc1CNCc1ccc(S(N)(=O)=O)cc1. The summed E-state index contributed by atoms with van der Waals surface area (Å²) in [4.78, 5) is 0.130. The Morgan fingerprint density at radius 1 is 1.20 bits per heavy atom. The van der Waals surface area contributed by atoms with Crippen LogP contribution in [0.2, 0.25) is 0 Å². The second-order valence-electron chi connectivity index (χ2n) is 4.43. The van der Waals surface area contributed by atoms with Crippen molar-refractivity contribution in [2.24, 2.45) is 5.14 Å². The molecule has 1 heterocycles. The average molecular weight is 294 g/mol. The highest BCUT2D eigenvalue weighted by molar-refractivity contribution is 7.89. The molecule has 1 aromatic heterocycles. The molecule has 0 aliphatic rings. The van der Waals surface area contributed by atoms with Crippen LogP contribution in [-0.2, 0) is 29.7 Å². The molecule has 0 bridgehead atoms. The lowest BCUT2D eigenvalue weighted by molar-refractivity contribution is 0.581. The number of hydrogen-bond acceptors (Lipinski definition) is 4. The first-order chi connectivity index (χ1) is 9.50. The molecule has 0 aliphatic heterocycles. The molecular formula is C13H18N4O2S. The highest BCUT2D eigenvalue weighted by Crippen LogP contribution is 2.08. The first kappa shape index (κ1) is 14.7. The van der Waals surface area contributed by atoms with E-state index in [0.29, 0.717) is 13.1 Å². The van der Waals surface area contributed by atoms with Crippen molar-refractivity contribution in [2.75, 3.05) is 0 Å². The minimum Gasteiger partial charge on any atom is -0.307 e. The van der Waals surface area contributed by atoms with Gasteiger partial charge in [-0.3, -0.25) is 4.68 Å². The fraction of sp³-hybridized carbons (Fsp3) is 0.308. The van der Waals surface area contributed by atoms with Gasteiger partial charge < -0.3 is 5.32 Å². The fourth-order valence-corrected chi connectivity index (χ4v) is 2.44. The normalized spacial score (nSPS) is 11.7. The second-order valence-corrected chi connectivity index (χ2v) is 5.99. The van der Waals surface area contributed by atoms with E-state index in [2.05, 4.69) is 10.4 Å². The van der Waals surface area contributed by atoms with Gasteiger partial charge in [0.2, 0.25) is 10.0 Å². The summed E-state index contributed by atoms with van der Waals surface area (Å²) in [6.07, 6.45) is 1.78. The number of hydrogen-bond donors (Lipinski definition) is 2. The van der Waals surface area contributed by atoms with E-state index in [-0.39, 0.29) is 4.90 Å². The van der Waals surface area contributed by atoms with Crippen LogP contribution in [-0.4, -0.2) is 18.2 Å². The van der Waals surface area contributed by atoms with E-state index >= 15 is 0 Å². The van der Waals surface area contributed by atoms with Crippen molar-refractivity contribution in [1.82, 2.24) is 15.1 Å². The molecule has 2 aromatic rings. The molecule has 7 heteroatoms. The van der Waals surface area contributed by atoms with Crippen molar-refractivity contribution < 1.29 is 8.42 Å². The lowest BCUT2D eigenvalue weighted by Gasteiger charge is -2.07. The largest absolute Gasteiger partial charge is 0.307 e. The van der Waals surface area contributed by atoms with E-state index < -0.39 is 10.0 Å². The monoisotopic (exact) mass is 294 g/mol. The molecule has 0 saturated heterocycles. The molecule has 0 spiro atoms. The van der Waals surface area contributed by atoms with Crippen LogP contribution in [0, 0.1) is 0 Å². The molecule has 2 rings (SSSR count). The van der Waals surface area contributed by atoms with Gasteiger partial charge in [-0.05, 0) is 30.7 Å². The van der Waals surface area contributed by atoms with Gasteiger partial charge in [0.1, 0.15) is 0 Å². The van der Waals surface area contributed by atoms with Crippen LogP contribution in [0.1, 0.15) is 18.2 Å². The Balaban J connectivity index is 1.92. The summed E-state index contributed by atoms with van der Waals surface area (Å²) in [5.74, 6) is 0. The zero-order valence-electron chi connectivity index (χ0n) is 11.3. The molecule has 0 fully saturated rings. The first-order valence-electron chi connectivity index (χ1n) is 6.34. The van der Waals surface area contributed by atoms with Crippen LogP contribution in [0.4, 0.5) is 0 Å². The number of primary sulfonamides is 1. The summed E-state index contributed by atoms with van der Waals surface area (Å²) in [6.45, 7) is 4.25. The van der Waals surface area contributed by atoms with Crippen LogP contribution in [0.25, 0.3) is 0 Å². The quantitative estimate of drug-likeness (QED) is 0.826. The van der Waals surface area contributed by atoms with Crippen molar-refractivity contribution in [3.63, 3.8) is 0 Å². The molecule has 0 unspecified atom stereocenters. The number of aryl methyl sites for hydroxylation is 1. The smallest absolute Gasteiger partial charge is 0.238 e.